The summed E-state index contributed by atoms with van der Waals surface area (Å²) in [4.78, 5) is 85.0. The molecule has 2 heterocycles. The van der Waals surface area contributed by atoms with Crippen LogP contribution in [0.15, 0.2) is 12.7 Å². The molecule has 4 unspecified atom stereocenters. The molecule has 2 rings (SSSR count). The summed E-state index contributed by atoms with van der Waals surface area (Å²) in [5.41, 5.74) is 0. The molecule has 276 valence electrons. The van der Waals surface area contributed by atoms with Gasteiger partial charge in [-0.1, -0.05) is 6.08 Å². The van der Waals surface area contributed by atoms with Gasteiger partial charge in [-0.25, -0.2) is 0 Å². The maximum absolute atomic E-state index is 12.4. The van der Waals surface area contributed by atoms with Crippen molar-refractivity contribution in [2.45, 2.75) is 123 Å². The van der Waals surface area contributed by atoms with Gasteiger partial charge in [-0.3, -0.25) is 33.6 Å². The third-order valence-electron chi connectivity index (χ3n) is 6.72. The summed E-state index contributed by atoms with van der Waals surface area (Å²) in [6, 6.07) is 0. The summed E-state index contributed by atoms with van der Waals surface area (Å²) >= 11 is 0. The van der Waals surface area contributed by atoms with Gasteiger partial charge < -0.3 is 52.1 Å². The summed E-state index contributed by atoms with van der Waals surface area (Å²) in [5.74, 6) is -5.76. The zero-order valence-corrected chi connectivity index (χ0v) is 28.4. The molecule has 0 saturated carbocycles. The Morgan fingerprint density at radius 2 is 0.918 bits per heavy atom. The average Bonchev–Trinajstić information content (AvgIpc) is 2.97. The van der Waals surface area contributed by atoms with E-state index in [0.29, 0.717) is 12.8 Å². The van der Waals surface area contributed by atoms with Crippen LogP contribution >= 0.6 is 0 Å². The molecule has 0 bridgehead atoms. The van der Waals surface area contributed by atoms with Gasteiger partial charge >= 0.3 is 41.8 Å². The molecule has 0 amide bonds. The zero-order chi connectivity index (χ0) is 36.8. The van der Waals surface area contributed by atoms with Crippen molar-refractivity contribution in [1.82, 2.24) is 0 Å². The Balaban J connectivity index is 2.70. The molecule has 2 saturated heterocycles. The number of rotatable bonds is 16. The van der Waals surface area contributed by atoms with Crippen LogP contribution in [0.2, 0.25) is 0 Å². The van der Waals surface area contributed by atoms with Gasteiger partial charge in [0.15, 0.2) is 43.1 Å². The van der Waals surface area contributed by atoms with Gasteiger partial charge in [-0.2, -0.15) is 0 Å². The van der Waals surface area contributed by atoms with Gasteiger partial charge in [0.1, 0.15) is 31.5 Å². The van der Waals surface area contributed by atoms with Crippen LogP contribution in [0.25, 0.3) is 0 Å². The highest BCUT2D eigenvalue weighted by atomic mass is 16.8. The van der Waals surface area contributed by atoms with Crippen LogP contribution in [-0.4, -0.2) is 123 Å². The molecule has 0 aliphatic carbocycles. The fraction of sp³-hybridized carbons (Fsp3) is 0.710. The first-order chi connectivity index (χ1) is 23.0. The molecular weight excluding hydrogens is 660 g/mol. The monoisotopic (exact) mass is 704 g/mol. The molecule has 18 nitrogen and oxygen atoms in total. The Bertz CT molecular complexity index is 1200. The molecular formula is C31H44O18. The zero-order valence-electron chi connectivity index (χ0n) is 28.4. The fourth-order valence-electron chi connectivity index (χ4n) is 5.03. The Hall–Kier alpha value is -4.13. The van der Waals surface area contributed by atoms with E-state index in [-0.39, 0.29) is 6.61 Å². The van der Waals surface area contributed by atoms with Gasteiger partial charge in [-0.15, -0.1) is 6.58 Å². The van der Waals surface area contributed by atoms with Crippen molar-refractivity contribution in [2.75, 3.05) is 19.8 Å². The Morgan fingerprint density at radius 3 is 1.37 bits per heavy atom. The number of allylic oxidation sites excluding steroid dienone is 1. The van der Waals surface area contributed by atoms with Crippen molar-refractivity contribution in [3.8, 4) is 0 Å². The maximum Gasteiger partial charge on any atom is 0.303 e. The molecule has 0 radical (unpaired) electrons. The summed E-state index contributed by atoms with van der Waals surface area (Å²) in [5, 5.41) is 0. The quantitative estimate of drug-likeness (QED) is 0.0928. The lowest BCUT2D eigenvalue weighted by atomic mass is 9.96. The van der Waals surface area contributed by atoms with Gasteiger partial charge in [-0.05, 0) is 12.8 Å². The number of esters is 7. The number of unbranched alkanes of at least 4 members (excludes halogenated alkanes) is 1. The van der Waals surface area contributed by atoms with Gasteiger partial charge in [0, 0.05) is 48.5 Å². The summed E-state index contributed by atoms with van der Waals surface area (Å²) in [6.07, 6.45) is -12.4. The van der Waals surface area contributed by atoms with Gasteiger partial charge in [0.05, 0.1) is 6.61 Å². The Morgan fingerprint density at radius 1 is 0.531 bits per heavy atom. The number of hydrogen-bond acceptors (Lipinski definition) is 18. The number of carbonyl (C=O) groups is 7. The molecule has 0 aromatic heterocycles. The van der Waals surface area contributed by atoms with Crippen LogP contribution < -0.4 is 0 Å². The molecule has 49 heavy (non-hydrogen) atoms. The van der Waals surface area contributed by atoms with E-state index in [2.05, 4.69) is 6.58 Å². The minimum absolute atomic E-state index is 0.0900. The highest BCUT2D eigenvalue weighted by Gasteiger charge is 2.57. The van der Waals surface area contributed by atoms with Crippen LogP contribution in [0, 0.1) is 0 Å². The van der Waals surface area contributed by atoms with Crippen molar-refractivity contribution in [3.05, 3.63) is 12.7 Å². The first-order valence-corrected chi connectivity index (χ1v) is 15.4. The molecule has 0 N–H and O–H groups in total. The molecule has 0 spiro atoms. The fourth-order valence-corrected chi connectivity index (χ4v) is 5.03. The standard InChI is InChI=1S/C31H44O18/c1-9-10-11-12-39-30-28(45-20(7)37)27(44-19(6)36)25(23(47-30)14-41-16(3)33)49-31-29(46-21(8)38)26(43-18(5)35)24(42-17(4)34)22(48-31)13-40-15(2)32/h9,22-31H,1,10-14H2,2-8H3/t22?,23?,24-,25+,26-,27+,28?,29?,30+,31-/m0/s1. The lowest BCUT2D eigenvalue weighted by molar-refractivity contribution is -0.361. The normalized spacial score (nSPS) is 29.4. The van der Waals surface area contributed by atoms with Crippen molar-refractivity contribution >= 4 is 41.8 Å². The van der Waals surface area contributed by atoms with Crippen molar-refractivity contribution < 1.29 is 85.7 Å². The van der Waals surface area contributed by atoms with Crippen molar-refractivity contribution in [2.24, 2.45) is 0 Å². The summed E-state index contributed by atoms with van der Waals surface area (Å²) < 4.78 is 61.9. The molecule has 2 aliphatic heterocycles. The predicted octanol–water partition coefficient (Wildman–Crippen LogP) is 0.589. The van der Waals surface area contributed by atoms with Crippen LogP contribution in [0.1, 0.15) is 61.3 Å². The molecule has 0 aromatic rings. The minimum Gasteiger partial charge on any atom is -0.463 e. The lowest BCUT2D eigenvalue weighted by Gasteiger charge is -2.48. The second kappa shape index (κ2) is 19.8. The molecule has 18 heteroatoms. The van der Waals surface area contributed by atoms with Crippen LogP contribution in [0.5, 0.6) is 0 Å². The summed E-state index contributed by atoms with van der Waals surface area (Å²) in [6.45, 7) is 10.2. The van der Waals surface area contributed by atoms with E-state index >= 15 is 0 Å². The topological polar surface area (TPSA) is 221 Å². The van der Waals surface area contributed by atoms with E-state index in [1.54, 1.807) is 6.08 Å². The SMILES string of the molecule is C=CCCCO[C@@H]1OC(COC(C)=O)[C@@H](O[C@@H]2OC(COC(C)=O)[C@H](OC(C)=O)[C@H](OC(C)=O)C2OC(C)=O)[C@@H](OC(C)=O)C1OC(C)=O. The Kier molecular flexibility index (Phi) is 16.6. The van der Waals surface area contributed by atoms with E-state index in [4.69, 9.17) is 52.1 Å². The highest BCUT2D eigenvalue weighted by molar-refractivity contribution is 5.69. The number of hydrogen-bond donors (Lipinski definition) is 0. The van der Waals surface area contributed by atoms with E-state index in [1.165, 1.54) is 0 Å². The van der Waals surface area contributed by atoms with Crippen LogP contribution in [0.4, 0.5) is 0 Å². The van der Waals surface area contributed by atoms with Gasteiger partial charge in [0.2, 0.25) is 0 Å². The van der Waals surface area contributed by atoms with E-state index < -0.39 is 116 Å². The largest absolute Gasteiger partial charge is 0.463 e. The predicted molar refractivity (Wildman–Crippen MR) is 159 cm³/mol. The number of ether oxygens (including phenoxy) is 11. The maximum atomic E-state index is 12.4. The smallest absolute Gasteiger partial charge is 0.303 e. The van der Waals surface area contributed by atoms with E-state index in [9.17, 15) is 33.6 Å². The average molecular weight is 705 g/mol. The first kappa shape index (κ1) is 41.0. The Labute approximate surface area is 282 Å². The summed E-state index contributed by atoms with van der Waals surface area (Å²) in [7, 11) is 0. The highest BCUT2D eigenvalue weighted by Crippen LogP contribution is 2.35. The third-order valence-corrected chi connectivity index (χ3v) is 6.72. The number of carbonyl (C=O) groups excluding carboxylic acids is 7. The molecule has 0 aromatic carbocycles. The van der Waals surface area contributed by atoms with Crippen molar-refractivity contribution in [1.29, 1.82) is 0 Å². The van der Waals surface area contributed by atoms with E-state index in [0.717, 1.165) is 48.5 Å². The third kappa shape index (κ3) is 13.4. The lowest BCUT2D eigenvalue weighted by Crippen LogP contribution is -2.67. The molecule has 2 aliphatic rings. The van der Waals surface area contributed by atoms with Crippen LogP contribution in [-0.2, 0) is 85.7 Å². The van der Waals surface area contributed by atoms with Crippen LogP contribution in [0.3, 0.4) is 0 Å². The first-order valence-electron chi connectivity index (χ1n) is 15.4. The molecule has 2 fully saturated rings. The second-order valence-corrected chi connectivity index (χ2v) is 11.0. The van der Waals surface area contributed by atoms with Gasteiger partial charge in [0.25, 0.3) is 0 Å². The van der Waals surface area contributed by atoms with Crippen molar-refractivity contribution in [3.63, 3.8) is 0 Å². The molecule has 10 atom stereocenters. The van der Waals surface area contributed by atoms with E-state index in [1.807, 2.05) is 0 Å². The second-order valence-electron chi connectivity index (χ2n) is 11.0. The minimum atomic E-state index is -1.77.